The quantitative estimate of drug-likeness (QED) is 0.893. The van der Waals surface area contributed by atoms with Crippen molar-refractivity contribution in [2.45, 2.75) is 19.8 Å². The lowest BCUT2D eigenvalue weighted by molar-refractivity contribution is -0.141. The van der Waals surface area contributed by atoms with Crippen LogP contribution in [0.1, 0.15) is 30.1 Å². The fraction of sp³-hybridized carbons (Fsp3) is 0.438. The van der Waals surface area contributed by atoms with Crippen LogP contribution in [0.3, 0.4) is 0 Å². The van der Waals surface area contributed by atoms with Crippen LogP contribution >= 0.6 is 11.6 Å². The molecule has 2 amide bonds. The number of amides is 2. The van der Waals surface area contributed by atoms with E-state index in [1.54, 1.807) is 23.1 Å². The van der Waals surface area contributed by atoms with E-state index in [9.17, 15) is 14.4 Å². The normalized spacial score (nSPS) is 15.6. The summed E-state index contributed by atoms with van der Waals surface area (Å²) in [6, 6.07) is 4.89. The van der Waals surface area contributed by atoms with Gasteiger partial charge in [-0.1, -0.05) is 18.5 Å². The zero-order valence-electron chi connectivity index (χ0n) is 13.1. The van der Waals surface area contributed by atoms with Crippen LogP contribution in [0.4, 0.5) is 5.69 Å². The van der Waals surface area contributed by atoms with Crippen molar-refractivity contribution in [3.05, 3.63) is 28.8 Å². The molecule has 6 nitrogen and oxygen atoms in total. The molecular weight excluding hydrogens is 320 g/mol. The number of anilines is 1. The van der Waals surface area contributed by atoms with E-state index in [2.05, 4.69) is 0 Å². The number of carboxylic acid groups (broad SMARTS) is 1. The van der Waals surface area contributed by atoms with E-state index in [1.165, 1.54) is 18.9 Å². The van der Waals surface area contributed by atoms with Gasteiger partial charge in [0.1, 0.15) is 0 Å². The molecule has 1 fully saturated rings. The highest BCUT2D eigenvalue weighted by Crippen LogP contribution is 2.27. The average Bonchev–Trinajstić information content (AvgIpc) is 2.93. The maximum absolute atomic E-state index is 12.5. The summed E-state index contributed by atoms with van der Waals surface area (Å²) in [5.74, 6) is -1.98. The third kappa shape index (κ3) is 3.82. The maximum atomic E-state index is 12.5. The molecule has 0 bridgehead atoms. The van der Waals surface area contributed by atoms with Crippen LogP contribution in [0.25, 0.3) is 0 Å². The number of carbonyl (C=O) groups excluding carboxylic acids is 2. The second kappa shape index (κ2) is 7.00. The van der Waals surface area contributed by atoms with Gasteiger partial charge in [0.05, 0.1) is 16.5 Å². The summed E-state index contributed by atoms with van der Waals surface area (Å²) in [5, 5.41) is 9.22. The van der Waals surface area contributed by atoms with Crippen molar-refractivity contribution in [2.24, 2.45) is 5.92 Å². The summed E-state index contributed by atoms with van der Waals surface area (Å²) in [6.07, 6.45) is 1.29. The summed E-state index contributed by atoms with van der Waals surface area (Å²) >= 11 is 6.11. The fourth-order valence-corrected chi connectivity index (χ4v) is 2.74. The molecule has 0 spiro atoms. The Bertz CT molecular complexity index is 647. The summed E-state index contributed by atoms with van der Waals surface area (Å²) in [5.41, 5.74) is 0.906. The minimum atomic E-state index is -0.966. The van der Waals surface area contributed by atoms with Crippen molar-refractivity contribution in [2.75, 3.05) is 25.0 Å². The Balaban J connectivity index is 2.22. The zero-order valence-corrected chi connectivity index (χ0v) is 13.8. The van der Waals surface area contributed by atoms with Crippen LogP contribution in [-0.4, -0.2) is 47.9 Å². The Hall–Kier alpha value is -2.08. The van der Waals surface area contributed by atoms with Crippen molar-refractivity contribution in [3.8, 4) is 0 Å². The first kappa shape index (κ1) is 17.3. The van der Waals surface area contributed by atoms with Gasteiger partial charge in [-0.15, -0.1) is 0 Å². The van der Waals surface area contributed by atoms with E-state index in [4.69, 9.17) is 16.7 Å². The smallest absolute Gasteiger partial charge is 0.308 e. The van der Waals surface area contributed by atoms with Crippen molar-refractivity contribution in [1.82, 2.24) is 4.90 Å². The Labute approximate surface area is 139 Å². The van der Waals surface area contributed by atoms with E-state index in [0.717, 1.165) is 6.42 Å². The molecule has 1 saturated heterocycles. The lowest BCUT2D eigenvalue weighted by Crippen LogP contribution is -2.34. The zero-order chi connectivity index (χ0) is 17.1. The minimum absolute atomic E-state index is 0.0265. The second-order valence-electron chi connectivity index (χ2n) is 5.74. The van der Waals surface area contributed by atoms with E-state index < -0.39 is 11.9 Å². The van der Waals surface area contributed by atoms with Crippen molar-refractivity contribution < 1.29 is 19.5 Å². The molecule has 7 heteroatoms. The number of nitrogens with zero attached hydrogens (tertiary/aromatic N) is 2. The Morgan fingerprint density at radius 3 is 2.70 bits per heavy atom. The minimum Gasteiger partial charge on any atom is -0.481 e. The summed E-state index contributed by atoms with van der Waals surface area (Å²) in [4.78, 5) is 38.2. The Kier molecular flexibility index (Phi) is 5.26. The van der Waals surface area contributed by atoms with Gasteiger partial charge in [-0.3, -0.25) is 14.4 Å². The molecule has 1 aromatic rings. The molecule has 1 N–H and O–H groups in total. The fourth-order valence-electron chi connectivity index (χ4n) is 2.54. The number of carbonyl (C=O) groups is 3. The number of aliphatic carboxylic acids is 1. The first-order valence-electron chi connectivity index (χ1n) is 7.39. The molecule has 0 radical (unpaired) electrons. The molecular formula is C16H19ClN2O4. The van der Waals surface area contributed by atoms with Crippen LogP contribution in [-0.2, 0) is 9.59 Å². The van der Waals surface area contributed by atoms with Gasteiger partial charge in [0, 0.05) is 32.2 Å². The van der Waals surface area contributed by atoms with E-state index in [1.807, 2.05) is 0 Å². The maximum Gasteiger partial charge on any atom is 0.308 e. The first-order chi connectivity index (χ1) is 10.8. The molecule has 1 aliphatic rings. The number of carboxylic acids is 1. The summed E-state index contributed by atoms with van der Waals surface area (Å²) in [6.45, 7) is 2.24. The van der Waals surface area contributed by atoms with E-state index >= 15 is 0 Å². The summed E-state index contributed by atoms with van der Waals surface area (Å²) in [7, 11) is 1.53. The molecule has 1 aliphatic heterocycles. The van der Waals surface area contributed by atoms with Gasteiger partial charge in [-0.25, -0.2) is 0 Å². The highest BCUT2D eigenvalue weighted by Gasteiger charge is 2.25. The third-order valence-electron chi connectivity index (χ3n) is 3.88. The van der Waals surface area contributed by atoms with Gasteiger partial charge < -0.3 is 14.9 Å². The van der Waals surface area contributed by atoms with Crippen molar-refractivity contribution >= 4 is 35.1 Å². The molecule has 0 aliphatic carbocycles. The molecule has 2 rings (SSSR count). The number of rotatable bonds is 5. The molecule has 1 unspecified atom stereocenters. The highest BCUT2D eigenvalue weighted by molar-refractivity contribution is 6.34. The molecule has 1 aromatic carbocycles. The van der Waals surface area contributed by atoms with Gasteiger partial charge in [-0.05, 0) is 24.6 Å². The van der Waals surface area contributed by atoms with Crippen LogP contribution in [0.15, 0.2) is 18.2 Å². The second-order valence-corrected chi connectivity index (χ2v) is 6.15. The highest BCUT2D eigenvalue weighted by atomic mass is 35.5. The van der Waals surface area contributed by atoms with Gasteiger partial charge in [0.2, 0.25) is 5.91 Å². The van der Waals surface area contributed by atoms with Crippen LogP contribution < -0.4 is 4.90 Å². The van der Waals surface area contributed by atoms with Gasteiger partial charge in [-0.2, -0.15) is 0 Å². The molecule has 124 valence electrons. The SMILES string of the molecule is CC(CN(C)C(=O)c1cc(N2CCCC2=O)ccc1Cl)C(=O)O. The predicted octanol–water partition coefficient (Wildman–Crippen LogP) is 2.26. The predicted molar refractivity (Wildman–Crippen MR) is 86.8 cm³/mol. The van der Waals surface area contributed by atoms with E-state index in [-0.39, 0.29) is 28.9 Å². The van der Waals surface area contributed by atoms with Gasteiger partial charge in [0.15, 0.2) is 0 Å². The molecule has 0 aromatic heterocycles. The number of benzene rings is 1. The topological polar surface area (TPSA) is 77.9 Å². The molecule has 1 heterocycles. The lowest BCUT2D eigenvalue weighted by atomic mass is 10.1. The number of halogens is 1. The van der Waals surface area contributed by atoms with Crippen LogP contribution in [0, 0.1) is 5.92 Å². The van der Waals surface area contributed by atoms with Crippen LogP contribution in [0.5, 0.6) is 0 Å². The lowest BCUT2D eigenvalue weighted by Gasteiger charge is -2.22. The monoisotopic (exact) mass is 338 g/mol. The largest absolute Gasteiger partial charge is 0.481 e. The number of hydrogen-bond donors (Lipinski definition) is 1. The third-order valence-corrected chi connectivity index (χ3v) is 4.21. The molecule has 23 heavy (non-hydrogen) atoms. The van der Waals surface area contributed by atoms with Gasteiger partial charge in [0.25, 0.3) is 5.91 Å². The van der Waals surface area contributed by atoms with Gasteiger partial charge >= 0.3 is 5.97 Å². The average molecular weight is 339 g/mol. The van der Waals surface area contributed by atoms with Crippen molar-refractivity contribution in [3.63, 3.8) is 0 Å². The summed E-state index contributed by atoms with van der Waals surface area (Å²) < 4.78 is 0. The molecule has 0 saturated carbocycles. The first-order valence-corrected chi connectivity index (χ1v) is 7.77. The Morgan fingerprint density at radius 2 is 2.13 bits per heavy atom. The molecule has 1 atom stereocenters. The number of hydrogen-bond acceptors (Lipinski definition) is 3. The Morgan fingerprint density at radius 1 is 1.43 bits per heavy atom. The van der Waals surface area contributed by atoms with Crippen LogP contribution in [0.2, 0.25) is 5.02 Å². The van der Waals surface area contributed by atoms with E-state index in [0.29, 0.717) is 18.7 Å². The standard InChI is InChI=1S/C16H19ClN2O4/c1-10(16(22)23)9-18(2)15(21)12-8-11(5-6-13(12)17)19-7-3-4-14(19)20/h5-6,8,10H,3-4,7,9H2,1-2H3,(H,22,23). The van der Waals surface area contributed by atoms with Crippen molar-refractivity contribution in [1.29, 1.82) is 0 Å².